The first kappa shape index (κ1) is 15.5. The second-order valence-corrected chi connectivity index (χ2v) is 7.48. The average molecular weight is 363 g/mol. The first-order valence-electron chi connectivity index (χ1n) is 9.54. The van der Waals surface area contributed by atoms with Crippen LogP contribution >= 0.6 is 0 Å². The molecule has 1 aliphatic heterocycles. The highest BCUT2D eigenvalue weighted by Crippen LogP contribution is 2.43. The van der Waals surface area contributed by atoms with E-state index < -0.39 is 0 Å². The molecule has 0 unspecified atom stereocenters. The van der Waals surface area contributed by atoms with Gasteiger partial charge in [0.1, 0.15) is 11.5 Å². The molecule has 0 amide bonds. The van der Waals surface area contributed by atoms with Crippen LogP contribution in [0.25, 0.3) is 38.6 Å². The van der Waals surface area contributed by atoms with Crippen molar-refractivity contribution in [1.29, 1.82) is 0 Å². The lowest BCUT2D eigenvalue weighted by atomic mass is 9.89. The summed E-state index contributed by atoms with van der Waals surface area (Å²) in [4.78, 5) is 9.24. The maximum Gasteiger partial charge on any atom is 0.287 e. The zero-order valence-corrected chi connectivity index (χ0v) is 15.8. The summed E-state index contributed by atoms with van der Waals surface area (Å²) in [6.45, 7) is 2.24. The van der Waals surface area contributed by atoms with E-state index >= 15 is 0 Å². The highest BCUT2D eigenvalue weighted by molar-refractivity contribution is 6.03. The lowest BCUT2D eigenvalue weighted by Crippen LogP contribution is -2.32. The molecular formula is C24H19N4+. The number of aryl methyl sites for hydroxylation is 2. The van der Waals surface area contributed by atoms with Crippen LogP contribution in [-0.4, -0.2) is 14.5 Å². The van der Waals surface area contributed by atoms with E-state index in [2.05, 4.69) is 81.7 Å². The molecule has 0 saturated heterocycles. The van der Waals surface area contributed by atoms with Crippen molar-refractivity contribution in [1.82, 2.24) is 14.5 Å². The summed E-state index contributed by atoms with van der Waals surface area (Å²) in [6, 6.07) is 17.1. The predicted octanol–water partition coefficient (Wildman–Crippen LogP) is 4.28. The van der Waals surface area contributed by atoms with E-state index in [0.29, 0.717) is 0 Å². The number of nitrogens with zero attached hydrogens (tertiary/aromatic N) is 4. The lowest BCUT2D eigenvalue weighted by Gasteiger charge is -2.17. The van der Waals surface area contributed by atoms with Crippen LogP contribution in [0.5, 0.6) is 0 Å². The Kier molecular flexibility index (Phi) is 3.04. The number of fused-ring (bicyclic) bond motifs is 6. The van der Waals surface area contributed by atoms with Crippen LogP contribution in [0.4, 0.5) is 0 Å². The van der Waals surface area contributed by atoms with Crippen molar-refractivity contribution in [2.24, 2.45) is 7.05 Å². The van der Waals surface area contributed by atoms with Crippen molar-refractivity contribution in [3.05, 3.63) is 84.2 Å². The molecule has 0 N–H and O–H groups in total. The summed E-state index contributed by atoms with van der Waals surface area (Å²) in [6.07, 6.45) is 6.75. The van der Waals surface area contributed by atoms with Gasteiger partial charge in [-0.05, 0) is 40.6 Å². The summed E-state index contributed by atoms with van der Waals surface area (Å²) in [7, 11) is 2.09. The van der Waals surface area contributed by atoms with Gasteiger partial charge in [-0.3, -0.25) is 0 Å². The summed E-state index contributed by atoms with van der Waals surface area (Å²) in [5.74, 6) is 1.10. The standard InChI is InChI=1S/C24H19N4/c1-15-16-7-3-4-8-17(16)23-19(13-21-25-11-12-28(21)23)22(15)24-18-9-5-6-10-20(18)26-14-27(24)2/h3-12,14H,13H2,1-2H3/q+1. The molecule has 1 aliphatic rings. The third kappa shape index (κ3) is 1.92. The third-order valence-electron chi connectivity index (χ3n) is 5.96. The number of para-hydroxylation sites is 1. The van der Waals surface area contributed by atoms with Gasteiger partial charge in [0.2, 0.25) is 0 Å². The smallest absolute Gasteiger partial charge is 0.287 e. The van der Waals surface area contributed by atoms with E-state index in [1.807, 2.05) is 18.6 Å². The fourth-order valence-electron chi connectivity index (χ4n) is 4.75. The number of hydrogen-bond donors (Lipinski definition) is 0. The van der Waals surface area contributed by atoms with Gasteiger partial charge in [-0.15, -0.1) is 0 Å². The second-order valence-electron chi connectivity index (χ2n) is 7.48. The first-order chi connectivity index (χ1) is 13.7. The van der Waals surface area contributed by atoms with E-state index in [4.69, 9.17) is 0 Å². The number of benzene rings is 3. The van der Waals surface area contributed by atoms with E-state index in [1.165, 1.54) is 44.2 Å². The van der Waals surface area contributed by atoms with Crippen molar-refractivity contribution >= 4 is 21.7 Å². The fraction of sp³-hybridized carbons (Fsp3) is 0.125. The summed E-state index contributed by atoms with van der Waals surface area (Å²) in [5, 5.41) is 3.76. The molecule has 4 nitrogen and oxygen atoms in total. The van der Waals surface area contributed by atoms with Crippen LogP contribution in [0.2, 0.25) is 0 Å². The Morgan fingerprint density at radius 3 is 2.54 bits per heavy atom. The average Bonchev–Trinajstić information content (AvgIpc) is 3.31. The first-order valence-corrected chi connectivity index (χ1v) is 9.54. The Bertz CT molecular complexity index is 1410. The Morgan fingerprint density at radius 2 is 1.68 bits per heavy atom. The highest BCUT2D eigenvalue weighted by Gasteiger charge is 2.30. The maximum absolute atomic E-state index is 4.63. The molecule has 28 heavy (non-hydrogen) atoms. The van der Waals surface area contributed by atoms with Crippen LogP contribution in [0.3, 0.4) is 0 Å². The van der Waals surface area contributed by atoms with E-state index in [0.717, 1.165) is 17.8 Å². The van der Waals surface area contributed by atoms with Gasteiger partial charge in [0.05, 0.1) is 18.1 Å². The van der Waals surface area contributed by atoms with Crippen molar-refractivity contribution in [2.75, 3.05) is 0 Å². The van der Waals surface area contributed by atoms with E-state index in [-0.39, 0.29) is 0 Å². The van der Waals surface area contributed by atoms with Gasteiger partial charge < -0.3 is 4.57 Å². The minimum atomic E-state index is 0.847. The molecule has 0 fully saturated rings. The van der Waals surface area contributed by atoms with Crippen molar-refractivity contribution < 1.29 is 4.57 Å². The third-order valence-corrected chi connectivity index (χ3v) is 5.96. The van der Waals surface area contributed by atoms with Gasteiger partial charge in [-0.25, -0.2) is 9.55 Å². The van der Waals surface area contributed by atoms with Crippen LogP contribution in [-0.2, 0) is 13.5 Å². The number of aromatic nitrogens is 4. The molecule has 3 heterocycles. The van der Waals surface area contributed by atoms with Gasteiger partial charge in [0, 0.05) is 29.8 Å². The number of imidazole rings is 1. The van der Waals surface area contributed by atoms with Crippen LogP contribution < -0.4 is 4.57 Å². The monoisotopic (exact) mass is 363 g/mol. The Balaban J connectivity index is 1.84. The SMILES string of the molecule is Cc1c(-c2c3ccccc3nc[n+]2C)c2c(c3ccccc13)-n1ccnc1C2. The Morgan fingerprint density at radius 1 is 0.929 bits per heavy atom. The summed E-state index contributed by atoms with van der Waals surface area (Å²) >= 11 is 0. The summed E-state index contributed by atoms with van der Waals surface area (Å²) in [5.41, 5.74) is 7.48. The zero-order valence-electron chi connectivity index (χ0n) is 15.8. The molecule has 134 valence electrons. The minimum Gasteiger partial charge on any atom is -0.303 e. The van der Waals surface area contributed by atoms with Crippen molar-refractivity contribution in [3.63, 3.8) is 0 Å². The van der Waals surface area contributed by atoms with Crippen molar-refractivity contribution in [2.45, 2.75) is 13.3 Å². The van der Waals surface area contributed by atoms with E-state index in [9.17, 15) is 0 Å². The fourth-order valence-corrected chi connectivity index (χ4v) is 4.75. The number of hydrogen-bond acceptors (Lipinski definition) is 2. The Hall–Kier alpha value is -3.53. The molecule has 3 aromatic carbocycles. The molecule has 0 aliphatic carbocycles. The van der Waals surface area contributed by atoms with Gasteiger partial charge >= 0.3 is 0 Å². The molecule has 4 heteroatoms. The summed E-state index contributed by atoms with van der Waals surface area (Å²) < 4.78 is 4.41. The molecule has 0 spiro atoms. The van der Waals surface area contributed by atoms with Crippen LogP contribution in [0, 0.1) is 6.92 Å². The van der Waals surface area contributed by atoms with Crippen LogP contribution in [0.15, 0.2) is 67.3 Å². The van der Waals surface area contributed by atoms with Gasteiger partial charge in [0.15, 0.2) is 5.52 Å². The predicted molar refractivity (Wildman–Crippen MR) is 111 cm³/mol. The normalized spacial score (nSPS) is 12.5. The molecule has 2 aromatic heterocycles. The molecule has 6 rings (SSSR count). The topological polar surface area (TPSA) is 34.6 Å². The quantitative estimate of drug-likeness (QED) is 0.409. The molecule has 0 radical (unpaired) electrons. The largest absolute Gasteiger partial charge is 0.303 e. The van der Waals surface area contributed by atoms with E-state index in [1.54, 1.807) is 0 Å². The van der Waals surface area contributed by atoms with Crippen LogP contribution in [0.1, 0.15) is 17.0 Å². The van der Waals surface area contributed by atoms with Gasteiger partial charge in [0.25, 0.3) is 6.33 Å². The maximum atomic E-state index is 4.63. The molecule has 5 aromatic rings. The molecular weight excluding hydrogens is 344 g/mol. The van der Waals surface area contributed by atoms with Gasteiger partial charge in [-0.1, -0.05) is 36.4 Å². The minimum absolute atomic E-state index is 0.847. The van der Waals surface area contributed by atoms with Crippen molar-refractivity contribution in [3.8, 4) is 16.9 Å². The highest BCUT2D eigenvalue weighted by atomic mass is 15.1. The lowest BCUT2D eigenvalue weighted by molar-refractivity contribution is -0.662. The Labute approximate surface area is 162 Å². The van der Waals surface area contributed by atoms with Gasteiger partial charge in [-0.2, -0.15) is 0 Å². The zero-order chi connectivity index (χ0) is 18.8. The second kappa shape index (κ2) is 5.49. The molecule has 0 saturated carbocycles. The number of rotatable bonds is 1. The molecule has 0 atom stereocenters. The molecule has 0 bridgehead atoms.